The van der Waals surface area contributed by atoms with Crippen molar-refractivity contribution in [1.82, 2.24) is 10.2 Å². The van der Waals surface area contributed by atoms with E-state index in [0.29, 0.717) is 18.7 Å². The first kappa shape index (κ1) is 28.9. The largest absolute Gasteiger partial charge is 0.483 e. The third-order valence-corrected chi connectivity index (χ3v) is 7.13. The summed E-state index contributed by atoms with van der Waals surface area (Å²) in [6, 6.07) is 22.7. The molecular formula is C30H34Br2N2O3. The van der Waals surface area contributed by atoms with Gasteiger partial charge in [0.2, 0.25) is 5.91 Å². The lowest BCUT2D eigenvalue weighted by Crippen LogP contribution is -2.51. The molecule has 37 heavy (non-hydrogen) atoms. The van der Waals surface area contributed by atoms with Crippen LogP contribution in [0.3, 0.4) is 0 Å². The Kier molecular flexibility index (Phi) is 10.4. The summed E-state index contributed by atoms with van der Waals surface area (Å²) in [5.41, 5.74) is 3.05. The van der Waals surface area contributed by atoms with Crippen molar-refractivity contribution in [3.8, 4) is 5.75 Å². The highest BCUT2D eigenvalue weighted by molar-refractivity contribution is 9.10. The molecule has 3 rings (SSSR count). The van der Waals surface area contributed by atoms with Crippen molar-refractivity contribution in [1.29, 1.82) is 0 Å². The van der Waals surface area contributed by atoms with Crippen LogP contribution in [0.25, 0.3) is 0 Å². The molecule has 3 aromatic rings. The number of carbonyl (C=O) groups is 2. The SMILES string of the molecule is CCNC(=O)C(Cc1ccccc1)N(Cc1cccc(Br)c1)C(=O)COc1ccc(C(C)(C)C)cc1Br. The molecule has 1 atom stereocenters. The lowest BCUT2D eigenvalue weighted by molar-refractivity contribution is -0.142. The number of carbonyl (C=O) groups excluding carboxylic acids is 2. The summed E-state index contributed by atoms with van der Waals surface area (Å²) in [5, 5.41) is 2.91. The maximum absolute atomic E-state index is 13.7. The molecule has 7 heteroatoms. The van der Waals surface area contributed by atoms with E-state index in [-0.39, 0.29) is 30.4 Å². The molecule has 0 aliphatic rings. The number of hydrogen-bond donors (Lipinski definition) is 1. The van der Waals surface area contributed by atoms with Crippen LogP contribution < -0.4 is 10.1 Å². The van der Waals surface area contributed by atoms with E-state index in [2.05, 4.69) is 57.9 Å². The average molecular weight is 630 g/mol. The number of amides is 2. The number of ether oxygens (including phenoxy) is 1. The van der Waals surface area contributed by atoms with Gasteiger partial charge in [0.1, 0.15) is 11.8 Å². The quantitative estimate of drug-likeness (QED) is 0.273. The van der Waals surface area contributed by atoms with E-state index in [1.165, 1.54) is 0 Å². The fourth-order valence-corrected chi connectivity index (χ4v) is 4.92. The second-order valence-electron chi connectivity index (χ2n) is 9.94. The molecule has 5 nitrogen and oxygen atoms in total. The molecular weight excluding hydrogens is 596 g/mol. The predicted octanol–water partition coefficient (Wildman–Crippen LogP) is 6.66. The average Bonchev–Trinajstić information content (AvgIpc) is 2.85. The minimum absolute atomic E-state index is 0.00503. The molecule has 1 N–H and O–H groups in total. The van der Waals surface area contributed by atoms with Gasteiger partial charge in [0.15, 0.2) is 6.61 Å². The maximum Gasteiger partial charge on any atom is 0.261 e. The van der Waals surface area contributed by atoms with E-state index < -0.39 is 6.04 Å². The van der Waals surface area contributed by atoms with Crippen LogP contribution in [-0.4, -0.2) is 35.9 Å². The summed E-state index contributed by atoms with van der Waals surface area (Å²) >= 11 is 7.10. The van der Waals surface area contributed by atoms with Gasteiger partial charge in [-0.3, -0.25) is 9.59 Å². The zero-order valence-corrected chi connectivity index (χ0v) is 24.9. The fraction of sp³-hybridized carbons (Fsp3) is 0.333. The number of nitrogens with zero attached hydrogens (tertiary/aromatic N) is 1. The monoisotopic (exact) mass is 628 g/mol. The summed E-state index contributed by atoms with van der Waals surface area (Å²) in [5.74, 6) is 0.130. The van der Waals surface area contributed by atoms with Crippen LogP contribution in [0.5, 0.6) is 5.75 Å². The van der Waals surface area contributed by atoms with Gasteiger partial charge in [-0.2, -0.15) is 0 Å². The maximum atomic E-state index is 13.7. The van der Waals surface area contributed by atoms with Crippen molar-refractivity contribution in [3.05, 3.63) is 98.4 Å². The van der Waals surface area contributed by atoms with E-state index >= 15 is 0 Å². The fourth-order valence-electron chi connectivity index (χ4n) is 3.98. The zero-order chi connectivity index (χ0) is 27.0. The molecule has 1 unspecified atom stereocenters. The number of likely N-dealkylation sites (N-methyl/N-ethyl adjacent to an activating group) is 1. The predicted molar refractivity (Wildman–Crippen MR) is 156 cm³/mol. The van der Waals surface area contributed by atoms with Crippen LogP contribution in [0.2, 0.25) is 0 Å². The van der Waals surface area contributed by atoms with Gasteiger partial charge < -0.3 is 15.0 Å². The number of halogens is 2. The summed E-state index contributed by atoms with van der Waals surface area (Å²) in [6.07, 6.45) is 0.399. The Hall–Kier alpha value is -2.64. The Morgan fingerprint density at radius 3 is 2.27 bits per heavy atom. The minimum atomic E-state index is -0.691. The molecule has 0 saturated heterocycles. The van der Waals surface area contributed by atoms with Gasteiger partial charge in [-0.15, -0.1) is 0 Å². The van der Waals surface area contributed by atoms with Crippen LogP contribution in [0, 0.1) is 0 Å². The Bertz CT molecular complexity index is 1210. The molecule has 0 aliphatic heterocycles. The standard InChI is InChI=1S/C30H34Br2N2O3/c1-5-33-29(36)26(17-21-10-7-6-8-11-21)34(19-22-12-9-13-24(31)16-22)28(35)20-37-27-15-14-23(18-25(27)32)30(2,3)4/h6-16,18,26H,5,17,19-20H2,1-4H3,(H,33,36). The summed E-state index contributed by atoms with van der Waals surface area (Å²) < 4.78 is 7.67. The Balaban J connectivity index is 1.89. The normalized spacial score (nSPS) is 12.1. The molecule has 196 valence electrons. The van der Waals surface area contributed by atoms with Crippen LogP contribution in [0.1, 0.15) is 44.4 Å². The first-order chi connectivity index (χ1) is 17.6. The number of benzene rings is 3. The molecule has 0 heterocycles. The summed E-state index contributed by atoms with van der Waals surface area (Å²) in [7, 11) is 0. The van der Waals surface area contributed by atoms with E-state index in [9.17, 15) is 9.59 Å². The van der Waals surface area contributed by atoms with Gasteiger partial charge in [-0.25, -0.2) is 0 Å². The first-order valence-corrected chi connectivity index (χ1v) is 14.0. The highest BCUT2D eigenvalue weighted by Crippen LogP contribution is 2.31. The molecule has 0 fully saturated rings. The van der Waals surface area contributed by atoms with Gasteiger partial charge in [0.05, 0.1) is 4.47 Å². The Morgan fingerprint density at radius 2 is 1.65 bits per heavy atom. The molecule has 0 aromatic heterocycles. The highest BCUT2D eigenvalue weighted by Gasteiger charge is 2.30. The third kappa shape index (κ3) is 8.44. The van der Waals surface area contributed by atoms with Gasteiger partial charge in [0.25, 0.3) is 5.91 Å². The molecule has 0 spiro atoms. The first-order valence-electron chi connectivity index (χ1n) is 12.4. The van der Waals surface area contributed by atoms with Crippen LogP contribution in [0.4, 0.5) is 0 Å². The lowest BCUT2D eigenvalue weighted by atomic mass is 9.87. The van der Waals surface area contributed by atoms with Gasteiger partial charge in [0, 0.05) is 24.0 Å². The number of nitrogens with one attached hydrogen (secondary N) is 1. The summed E-state index contributed by atoms with van der Waals surface area (Å²) in [6.45, 7) is 8.88. The smallest absolute Gasteiger partial charge is 0.261 e. The van der Waals surface area contributed by atoms with Crippen LogP contribution in [-0.2, 0) is 28.0 Å². The Labute approximate surface area is 236 Å². The lowest BCUT2D eigenvalue weighted by Gasteiger charge is -2.31. The molecule has 0 radical (unpaired) electrons. The van der Waals surface area contributed by atoms with Crippen molar-refractivity contribution in [3.63, 3.8) is 0 Å². The van der Waals surface area contributed by atoms with Crippen LogP contribution >= 0.6 is 31.9 Å². The van der Waals surface area contributed by atoms with Gasteiger partial charge in [-0.05, 0) is 69.2 Å². The highest BCUT2D eigenvalue weighted by atomic mass is 79.9. The van der Waals surface area contributed by atoms with Crippen molar-refractivity contribution in [2.24, 2.45) is 0 Å². The minimum Gasteiger partial charge on any atom is -0.483 e. The van der Waals surface area contributed by atoms with Gasteiger partial charge >= 0.3 is 0 Å². The number of hydrogen-bond acceptors (Lipinski definition) is 3. The Morgan fingerprint density at radius 1 is 0.946 bits per heavy atom. The second kappa shape index (κ2) is 13.2. The summed E-state index contributed by atoms with van der Waals surface area (Å²) in [4.78, 5) is 28.5. The van der Waals surface area contributed by atoms with Crippen molar-refractivity contribution < 1.29 is 14.3 Å². The van der Waals surface area contributed by atoms with Crippen molar-refractivity contribution >= 4 is 43.7 Å². The topological polar surface area (TPSA) is 58.6 Å². The van der Waals surface area contributed by atoms with E-state index in [1.54, 1.807) is 4.90 Å². The van der Waals surface area contributed by atoms with Crippen molar-refractivity contribution in [2.75, 3.05) is 13.2 Å². The van der Waals surface area contributed by atoms with E-state index in [1.807, 2.05) is 79.7 Å². The zero-order valence-electron chi connectivity index (χ0n) is 21.8. The van der Waals surface area contributed by atoms with Crippen molar-refractivity contribution in [2.45, 2.75) is 52.1 Å². The van der Waals surface area contributed by atoms with E-state index in [0.717, 1.165) is 25.6 Å². The van der Waals surface area contributed by atoms with E-state index in [4.69, 9.17) is 4.74 Å². The third-order valence-electron chi connectivity index (χ3n) is 6.01. The van der Waals surface area contributed by atoms with Gasteiger partial charge in [-0.1, -0.05) is 85.2 Å². The van der Waals surface area contributed by atoms with Crippen LogP contribution in [0.15, 0.2) is 81.7 Å². The molecule has 3 aromatic carbocycles. The molecule has 2 amide bonds. The molecule has 0 bridgehead atoms. The number of rotatable bonds is 10. The molecule has 0 aliphatic carbocycles. The molecule has 0 saturated carbocycles. The second-order valence-corrected chi connectivity index (χ2v) is 11.7.